The van der Waals surface area contributed by atoms with Crippen LogP contribution in [0.15, 0.2) is 53.4 Å². The molecule has 1 amide bonds. The lowest BCUT2D eigenvalue weighted by Crippen LogP contribution is -2.40. The molecule has 2 aromatic rings. The molecular formula is C22H28N2O4S2. The number of rotatable bonds is 9. The molecule has 0 aliphatic carbocycles. The number of benzene rings is 2. The van der Waals surface area contributed by atoms with Crippen LogP contribution in [0.4, 0.5) is 5.69 Å². The average Bonchev–Trinajstić information content (AvgIpc) is 2.76. The Balaban J connectivity index is 1.51. The fraction of sp³-hybridized carbons (Fsp3) is 0.409. The number of carbonyl (C=O) groups is 1. The van der Waals surface area contributed by atoms with Crippen LogP contribution in [-0.2, 0) is 26.0 Å². The zero-order chi connectivity index (χ0) is 21.4. The van der Waals surface area contributed by atoms with Gasteiger partial charge in [0, 0.05) is 18.8 Å². The number of nitrogens with one attached hydrogen (secondary N) is 1. The largest absolute Gasteiger partial charge is 0.379 e. The lowest BCUT2D eigenvalue weighted by atomic mass is 10.1. The van der Waals surface area contributed by atoms with Crippen LogP contribution in [0.25, 0.3) is 0 Å². The number of anilines is 1. The van der Waals surface area contributed by atoms with Gasteiger partial charge in [-0.25, -0.2) is 8.42 Å². The lowest BCUT2D eigenvalue weighted by Gasteiger charge is -2.26. The molecule has 0 atom stereocenters. The molecule has 0 saturated carbocycles. The van der Waals surface area contributed by atoms with Gasteiger partial charge in [0.2, 0.25) is 15.9 Å². The van der Waals surface area contributed by atoms with E-state index < -0.39 is 10.0 Å². The Bertz CT molecular complexity index is 943. The molecule has 0 radical (unpaired) electrons. The molecule has 6 nitrogen and oxygen atoms in total. The second kappa shape index (κ2) is 10.9. The molecule has 1 N–H and O–H groups in total. The molecule has 1 aliphatic heterocycles. The van der Waals surface area contributed by atoms with Gasteiger partial charge in [0.15, 0.2) is 0 Å². The summed E-state index contributed by atoms with van der Waals surface area (Å²) in [6.45, 7) is 3.25. The number of aryl methyl sites for hydroxylation is 2. The van der Waals surface area contributed by atoms with Crippen molar-refractivity contribution in [2.45, 2.75) is 24.7 Å². The first kappa shape index (κ1) is 22.8. The third-order valence-electron chi connectivity index (χ3n) is 4.89. The van der Waals surface area contributed by atoms with E-state index in [4.69, 9.17) is 4.74 Å². The van der Waals surface area contributed by atoms with Gasteiger partial charge in [-0.05, 0) is 48.8 Å². The third-order valence-corrected chi connectivity index (χ3v) is 7.97. The molecule has 162 valence electrons. The number of carbonyl (C=O) groups excluding carboxylic acids is 1. The van der Waals surface area contributed by atoms with Gasteiger partial charge in [-0.1, -0.05) is 36.4 Å². The summed E-state index contributed by atoms with van der Waals surface area (Å²) in [5.41, 5.74) is 2.47. The fourth-order valence-electron chi connectivity index (χ4n) is 3.27. The SMILES string of the molecule is Cc1ccc(NC(=O)CSCCCc2ccccc2)cc1S(=O)(=O)N1CCOCC1. The highest BCUT2D eigenvalue weighted by molar-refractivity contribution is 7.99. The van der Waals surface area contributed by atoms with Crippen LogP contribution in [0.3, 0.4) is 0 Å². The first-order valence-electron chi connectivity index (χ1n) is 10.1. The maximum absolute atomic E-state index is 13.0. The fourth-order valence-corrected chi connectivity index (χ4v) is 5.68. The van der Waals surface area contributed by atoms with Crippen molar-refractivity contribution in [2.24, 2.45) is 0 Å². The monoisotopic (exact) mass is 448 g/mol. The number of nitrogens with zero attached hydrogens (tertiary/aromatic N) is 1. The van der Waals surface area contributed by atoms with Crippen LogP contribution >= 0.6 is 11.8 Å². The summed E-state index contributed by atoms with van der Waals surface area (Å²) < 4.78 is 32.6. The van der Waals surface area contributed by atoms with Crippen molar-refractivity contribution in [1.29, 1.82) is 0 Å². The maximum Gasteiger partial charge on any atom is 0.243 e. The molecule has 1 heterocycles. The average molecular weight is 449 g/mol. The summed E-state index contributed by atoms with van der Waals surface area (Å²) in [5, 5.41) is 2.83. The van der Waals surface area contributed by atoms with E-state index in [0.717, 1.165) is 18.6 Å². The molecular weight excluding hydrogens is 420 g/mol. The molecule has 8 heteroatoms. The van der Waals surface area contributed by atoms with Crippen LogP contribution in [0.5, 0.6) is 0 Å². The van der Waals surface area contributed by atoms with E-state index in [-0.39, 0.29) is 10.8 Å². The van der Waals surface area contributed by atoms with Crippen molar-refractivity contribution < 1.29 is 17.9 Å². The summed E-state index contributed by atoms with van der Waals surface area (Å²) in [5.74, 6) is 1.11. The van der Waals surface area contributed by atoms with Gasteiger partial charge in [-0.2, -0.15) is 16.1 Å². The first-order valence-corrected chi connectivity index (χ1v) is 12.7. The van der Waals surface area contributed by atoms with Crippen LogP contribution in [0.2, 0.25) is 0 Å². The predicted octanol–water partition coefficient (Wildman–Crippen LogP) is 3.32. The molecule has 30 heavy (non-hydrogen) atoms. The second-order valence-electron chi connectivity index (χ2n) is 7.19. The van der Waals surface area contributed by atoms with Gasteiger partial charge >= 0.3 is 0 Å². The summed E-state index contributed by atoms with van der Waals surface area (Å²) >= 11 is 1.58. The van der Waals surface area contributed by atoms with E-state index in [0.29, 0.717) is 43.3 Å². The molecule has 0 spiro atoms. The number of thioether (sulfide) groups is 1. The molecule has 3 rings (SSSR count). The van der Waals surface area contributed by atoms with Crippen molar-refractivity contribution in [3.05, 3.63) is 59.7 Å². The van der Waals surface area contributed by atoms with Gasteiger partial charge in [-0.3, -0.25) is 4.79 Å². The number of hydrogen-bond donors (Lipinski definition) is 1. The Morgan fingerprint density at radius 3 is 2.60 bits per heavy atom. The van der Waals surface area contributed by atoms with Crippen molar-refractivity contribution in [1.82, 2.24) is 4.31 Å². The second-order valence-corrected chi connectivity index (χ2v) is 10.2. The minimum absolute atomic E-state index is 0.127. The molecule has 0 aromatic heterocycles. The van der Waals surface area contributed by atoms with Crippen LogP contribution < -0.4 is 5.32 Å². The van der Waals surface area contributed by atoms with Crippen LogP contribution in [-0.4, -0.2) is 56.4 Å². The molecule has 1 fully saturated rings. The molecule has 0 unspecified atom stereocenters. The number of ether oxygens (including phenoxy) is 1. The van der Waals surface area contributed by atoms with Gasteiger partial charge in [0.25, 0.3) is 0 Å². The quantitative estimate of drug-likeness (QED) is 0.596. The van der Waals surface area contributed by atoms with E-state index >= 15 is 0 Å². The van der Waals surface area contributed by atoms with Crippen molar-refractivity contribution in [3.8, 4) is 0 Å². The summed E-state index contributed by atoms with van der Waals surface area (Å²) in [7, 11) is -3.60. The van der Waals surface area contributed by atoms with Gasteiger partial charge < -0.3 is 10.1 Å². The van der Waals surface area contributed by atoms with E-state index in [1.807, 2.05) is 18.2 Å². The summed E-state index contributed by atoms with van der Waals surface area (Å²) in [6, 6.07) is 15.3. The van der Waals surface area contributed by atoms with Gasteiger partial charge in [0.1, 0.15) is 0 Å². The Morgan fingerprint density at radius 1 is 1.13 bits per heavy atom. The van der Waals surface area contributed by atoms with E-state index in [1.165, 1.54) is 9.87 Å². The minimum Gasteiger partial charge on any atom is -0.379 e. The normalized spacial score (nSPS) is 15.1. The van der Waals surface area contributed by atoms with Crippen LogP contribution in [0.1, 0.15) is 17.5 Å². The molecule has 2 aromatic carbocycles. The van der Waals surface area contributed by atoms with E-state index in [1.54, 1.807) is 36.9 Å². The van der Waals surface area contributed by atoms with Crippen molar-refractivity contribution >= 4 is 33.4 Å². The highest BCUT2D eigenvalue weighted by atomic mass is 32.2. The highest BCUT2D eigenvalue weighted by Gasteiger charge is 2.28. The zero-order valence-corrected chi connectivity index (χ0v) is 18.8. The summed E-state index contributed by atoms with van der Waals surface area (Å²) in [6.07, 6.45) is 2.00. The third kappa shape index (κ3) is 6.31. The van der Waals surface area contributed by atoms with Gasteiger partial charge in [-0.15, -0.1) is 0 Å². The minimum atomic E-state index is -3.60. The smallest absolute Gasteiger partial charge is 0.243 e. The standard InChI is InChI=1S/C22H28N2O4S2/c1-18-9-10-20(16-21(18)30(26,27)24-11-13-28-14-12-24)23-22(25)17-29-15-5-8-19-6-3-2-4-7-19/h2-4,6-7,9-10,16H,5,8,11-15,17H2,1H3,(H,23,25). The highest BCUT2D eigenvalue weighted by Crippen LogP contribution is 2.24. The van der Waals surface area contributed by atoms with Crippen LogP contribution in [0, 0.1) is 6.92 Å². The number of hydrogen-bond acceptors (Lipinski definition) is 5. The zero-order valence-electron chi connectivity index (χ0n) is 17.2. The van der Waals surface area contributed by atoms with Gasteiger partial charge in [0.05, 0.1) is 23.9 Å². The molecule has 1 saturated heterocycles. The number of morpholine rings is 1. The molecule has 0 bridgehead atoms. The number of amides is 1. The van der Waals surface area contributed by atoms with Crippen molar-refractivity contribution in [2.75, 3.05) is 43.1 Å². The Hall–Kier alpha value is -1.87. The first-order chi connectivity index (χ1) is 14.5. The Kier molecular flexibility index (Phi) is 8.32. The maximum atomic E-state index is 13.0. The Morgan fingerprint density at radius 2 is 1.87 bits per heavy atom. The Labute approximate surface area is 183 Å². The summed E-state index contributed by atoms with van der Waals surface area (Å²) in [4.78, 5) is 12.5. The molecule has 1 aliphatic rings. The predicted molar refractivity (Wildman–Crippen MR) is 121 cm³/mol. The van der Waals surface area contributed by atoms with E-state index in [9.17, 15) is 13.2 Å². The van der Waals surface area contributed by atoms with E-state index in [2.05, 4.69) is 17.4 Å². The number of sulfonamides is 1. The van der Waals surface area contributed by atoms with Crippen molar-refractivity contribution in [3.63, 3.8) is 0 Å². The topological polar surface area (TPSA) is 75.7 Å². The lowest BCUT2D eigenvalue weighted by molar-refractivity contribution is -0.113.